The fraction of sp³-hybridized carbons (Fsp3) is 0.429. The first kappa shape index (κ1) is 19.0. The van der Waals surface area contributed by atoms with Crippen molar-refractivity contribution in [3.8, 4) is 0 Å². The van der Waals surface area contributed by atoms with Gasteiger partial charge in [-0.05, 0) is 24.3 Å². The van der Waals surface area contributed by atoms with Gasteiger partial charge in [0.15, 0.2) is 11.2 Å². The van der Waals surface area contributed by atoms with Gasteiger partial charge in [0, 0.05) is 24.2 Å². The van der Waals surface area contributed by atoms with Crippen LogP contribution in [0.3, 0.4) is 0 Å². The number of hydrogen-bond donors (Lipinski definition) is 4. The summed E-state index contributed by atoms with van der Waals surface area (Å²) < 4.78 is 86.5. The van der Waals surface area contributed by atoms with E-state index < -0.39 is 47.8 Å². The summed E-state index contributed by atoms with van der Waals surface area (Å²) in [6.45, 7) is 0. The second-order valence-corrected chi connectivity index (χ2v) is 5.86. The van der Waals surface area contributed by atoms with Crippen LogP contribution in [0.15, 0.2) is 47.1 Å². The highest BCUT2D eigenvalue weighted by molar-refractivity contribution is 5.36. The molecule has 0 saturated heterocycles. The lowest BCUT2D eigenvalue weighted by Crippen LogP contribution is -2.59. The Hall–Kier alpha value is -2.30. The zero-order chi connectivity index (χ0) is 19.3. The first-order valence-corrected chi connectivity index (χ1v) is 6.93. The minimum Gasteiger partial charge on any atom is -0.400 e. The van der Waals surface area contributed by atoms with E-state index in [9.17, 15) is 26.3 Å². The summed E-state index contributed by atoms with van der Waals surface area (Å²) in [6, 6.07) is 0. The molecule has 25 heavy (non-hydrogen) atoms. The molecule has 0 aromatic rings. The van der Waals surface area contributed by atoms with Gasteiger partial charge in [-0.15, -0.1) is 0 Å². The summed E-state index contributed by atoms with van der Waals surface area (Å²) in [6.07, 6.45) is -10.1. The molecule has 2 aliphatic carbocycles. The van der Waals surface area contributed by atoms with Gasteiger partial charge < -0.3 is 27.7 Å². The van der Waals surface area contributed by atoms with E-state index in [1.54, 1.807) is 0 Å². The van der Waals surface area contributed by atoms with Crippen LogP contribution in [0.4, 0.5) is 26.3 Å². The smallest absolute Gasteiger partial charge is 0.400 e. The normalized spacial score (nSPS) is 31.0. The molecule has 0 aliphatic heterocycles. The molecule has 5 nitrogen and oxygen atoms in total. The third-order valence-corrected chi connectivity index (χ3v) is 4.04. The Kier molecular flexibility index (Phi) is 4.27. The lowest BCUT2D eigenvalue weighted by atomic mass is 9.86. The van der Waals surface area contributed by atoms with E-state index in [1.807, 2.05) is 0 Å². The van der Waals surface area contributed by atoms with E-state index in [0.717, 1.165) is 12.2 Å². The van der Waals surface area contributed by atoms with Crippen LogP contribution in [0.5, 0.6) is 0 Å². The van der Waals surface area contributed by atoms with Crippen LogP contribution in [-0.4, -0.2) is 23.6 Å². The molecule has 0 radical (unpaired) electrons. The molecule has 0 bridgehead atoms. The Labute approximate surface area is 138 Å². The van der Waals surface area contributed by atoms with E-state index in [0.29, 0.717) is 12.2 Å². The van der Waals surface area contributed by atoms with Crippen LogP contribution in [0.1, 0.15) is 12.8 Å². The average Bonchev–Trinajstić information content (AvgIpc) is 2.45. The molecule has 0 fully saturated rings. The maximum Gasteiger partial charge on any atom is 0.421 e. The van der Waals surface area contributed by atoms with Gasteiger partial charge >= 0.3 is 12.4 Å². The van der Waals surface area contributed by atoms with Crippen molar-refractivity contribution in [1.82, 2.24) is 0 Å². The molecule has 2 rings (SSSR count). The standard InChI is InChI=1S/C14H16F6N4O/c15-13(16,17)11(3-1-7(21)9(23)5-11)25-12(14(18,19)20)4-2-8(22)10(24)6-12/h1-4H,5-6,21-24H2. The fourth-order valence-corrected chi connectivity index (χ4v) is 2.52. The van der Waals surface area contributed by atoms with Crippen LogP contribution in [0.2, 0.25) is 0 Å². The maximum absolute atomic E-state index is 13.6. The average molecular weight is 370 g/mol. The number of allylic oxidation sites excluding steroid dienone is 2. The highest BCUT2D eigenvalue weighted by Crippen LogP contribution is 2.50. The Bertz CT molecular complexity index is 632. The lowest BCUT2D eigenvalue weighted by molar-refractivity contribution is -0.338. The van der Waals surface area contributed by atoms with Gasteiger partial charge in [-0.25, -0.2) is 0 Å². The summed E-state index contributed by atoms with van der Waals surface area (Å²) in [4.78, 5) is 0. The molecule has 0 amide bonds. The van der Waals surface area contributed by atoms with Crippen molar-refractivity contribution in [2.45, 2.75) is 36.4 Å². The summed E-state index contributed by atoms with van der Waals surface area (Å²) in [5, 5.41) is 0. The molecule has 11 heteroatoms. The molecule has 2 aliphatic rings. The lowest BCUT2D eigenvalue weighted by Gasteiger charge is -2.44. The van der Waals surface area contributed by atoms with Crippen molar-refractivity contribution in [2.75, 3.05) is 0 Å². The highest BCUT2D eigenvalue weighted by Gasteiger charge is 2.65. The first-order chi connectivity index (χ1) is 11.2. The highest BCUT2D eigenvalue weighted by atomic mass is 19.4. The number of alkyl halides is 6. The van der Waals surface area contributed by atoms with Crippen LogP contribution in [-0.2, 0) is 4.74 Å². The molecule has 8 N–H and O–H groups in total. The Morgan fingerprint density at radius 3 is 1.28 bits per heavy atom. The van der Waals surface area contributed by atoms with Crippen molar-refractivity contribution in [3.05, 3.63) is 47.1 Å². The topological polar surface area (TPSA) is 113 Å². The number of rotatable bonds is 2. The van der Waals surface area contributed by atoms with Crippen LogP contribution in [0.25, 0.3) is 0 Å². The Morgan fingerprint density at radius 2 is 1.04 bits per heavy atom. The summed E-state index contributed by atoms with van der Waals surface area (Å²) in [7, 11) is 0. The van der Waals surface area contributed by atoms with E-state index in [1.165, 1.54) is 0 Å². The Morgan fingerprint density at radius 1 is 0.720 bits per heavy atom. The molecule has 2 unspecified atom stereocenters. The third kappa shape index (κ3) is 3.15. The van der Waals surface area contributed by atoms with Gasteiger partial charge in [0.1, 0.15) is 0 Å². The van der Waals surface area contributed by atoms with Crippen LogP contribution >= 0.6 is 0 Å². The molecule has 140 valence electrons. The second-order valence-electron chi connectivity index (χ2n) is 5.86. The van der Waals surface area contributed by atoms with Gasteiger partial charge in [-0.2, -0.15) is 26.3 Å². The van der Waals surface area contributed by atoms with E-state index in [4.69, 9.17) is 27.7 Å². The number of hydrogen-bond acceptors (Lipinski definition) is 5. The van der Waals surface area contributed by atoms with Crippen molar-refractivity contribution < 1.29 is 31.1 Å². The fourth-order valence-electron chi connectivity index (χ4n) is 2.52. The van der Waals surface area contributed by atoms with E-state index in [-0.39, 0.29) is 11.4 Å². The molecule has 2 atom stereocenters. The van der Waals surface area contributed by atoms with Crippen molar-refractivity contribution in [3.63, 3.8) is 0 Å². The van der Waals surface area contributed by atoms with E-state index >= 15 is 0 Å². The van der Waals surface area contributed by atoms with Gasteiger partial charge in [0.2, 0.25) is 0 Å². The number of halogens is 6. The van der Waals surface area contributed by atoms with Crippen LogP contribution < -0.4 is 22.9 Å². The molecule has 0 saturated carbocycles. The zero-order valence-corrected chi connectivity index (χ0v) is 12.7. The summed E-state index contributed by atoms with van der Waals surface area (Å²) in [5.41, 5.74) is 13.8. The van der Waals surface area contributed by atoms with E-state index in [2.05, 4.69) is 0 Å². The van der Waals surface area contributed by atoms with Gasteiger partial charge in [0.25, 0.3) is 0 Å². The first-order valence-electron chi connectivity index (χ1n) is 6.93. The third-order valence-electron chi connectivity index (χ3n) is 4.04. The monoisotopic (exact) mass is 370 g/mol. The SMILES string of the molecule is NC1=C(N)CC(OC2(C(F)(F)F)C=CC(N)=C(N)C2)(C(F)(F)F)C=C1. The quantitative estimate of drug-likeness (QED) is 0.554. The predicted octanol–water partition coefficient (Wildman–Crippen LogP) is 1.78. The second kappa shape index (κ2) is 5.61. The molecule has 0 aromatic carbocycles. The van der Waals surface area contributed by atoms with Gasteiger partial charge in [-0.3, -0.25) is 0 Å². The summed E-state index contributed by atoms with van der Waals surface area (Å²) >= 11 is 0. The predicted molar refractivity (Wildman–Crippen MR) is 77.0 cm³/mol. The zero-order valence-electron chi connectivity index (χ0n) is 12.7. The van der Waals surface area contributed by atoms with Crippen molar-refractivity contribution >= 4 is 0 Å². The van der Waals surface area contributed by atoms with Crippen LogP contribution in [0, 0.1) is 0 Å². The van der Waals surface area contributed by atoms with Crippen molar-refractivity contribution in [2.24, 2.45) is 22.9 Å². The largest absolute Gasteiger partial charge is 0.421 e. The number of nitrogens with two attached hydrogens (primary N) is 4. The minimum absolute atomic E-state index is 0.174. The minimum atomic E-state index is -5.19. The molecule has 0 spiro atoms. The molecular formula is C14H16F6N4O. The number of ether oxygens (including phenoxy) is 1. The van der Waals surface area contributed by atoms with Crippen molar-refractivity contribution in [1.29, 1.82) is 0 Å². The van der Waals surface area contributed by atoms with Gasteiger partial charge in [0.05, 0.1) is 11.4 Å². The Balaban J connectivity index is 2.54. The van der Waals surface area contributed by atoms with Gasteiger partial charge in [-0.1, -0.05) is 0 Å². The molecule has 0 heterocycles. The summed E-state index contributed by atoms with van der Waals surface area (Å²) in [5.74, 6) is 0. The molecular weight excluding hydrogens is 354 g/mol. The maximum atomic E-state index is 13.6. The molecule has 0 aromatic heterocycles.